The largest absolute Gasteiger partial charge is 0.490 e. The van der Waals surface area contributed by atoms with Crippen LogP contribution < -0.4 is 9.47 Å². The summed E-state index contributed by atoms with van der Waals surface area (Å²) in [6.07, 6.45) is 0. The van der Waals surface area contributed by atoms with Crippen molar-refractivity contribution in [3.8, 4) is 34.4 Å². The fourth-order valence-electron chi connectivity index (χ4n) is 2.50. The molecule has 0 saturated heterocycles. The van der Waals surface area contributed by atoms with Gasteiger partial charge >= 0.3 is 0 Å². The number of hydrogen-bond donors (Lipinski definition) is 0. The number of para-hydroxylation sites is 2. The van der Waals surface area contributed by atoms with E-state index < -0.39 is 0 Å². The number of rotatable bonds is 0. The van der Waals surface area contributed by atoms with Gasteiger partial charge in [0, 0.05) is 0 Å². The molecule has 1 aliphatic heterocycles. The standard InChI is InChI=1S/C18H16N2O4/c1-3-7-15-13(5-1)17-19-20-18(24-17)14-6-2-4-8-16(14)23-12-10-21-9-11-22-15/h1-8H,9-12H2. The van der Waals surface area contributed by atoms with Crippen molar-refractivity contribution < 1.29 is 18.6 Å². The second-order valence-electron chi connectivity index (χ2n) is 5.21. The summed E-state index contributed by atoms with van der Waals surface area (Å²) >= 11 is 0. The van der Waals surface area contributed by atoms with E-state index >= 15 is 0 Å². The molecule has 0 aliphatic carbocycles. The zero-order valence-electron chi connectivity index (χ0n) is 13.0. The van der Waals surface area contributed by atoms with Crippen molar-refractivity contribution in [3.63, 3.8) is 0 Å². The molecule has 0 fully saturated rings. The zero-order valence-corrected chi connectivity index (χ0v) is 13.0. The van der Waals surface area contributed by atoms with Gasteiger partial charge in [-0.3, -0.25) is 0 Å². The Labute approximate surface area is 139 Å². The first-order chi connectivity index (χ1) is 11.9. The molecule has 3 aromatic rings. The maximum atomic E-state index is 5.87. The Morgan fingerprint density at radius 1 is 0.625 bits per heavy atom. The summed E-state index contributed by atoms with van der Waals surface area (Å²) in [4.78, 5) is 0. The van der Waals surface area contributed by atoms with Gasteiger partial charge in [-0.2, -0.15) is 0 Å². The molecule has 0 saturated carbocycles. The molecule has 2 aromatic carbocycles. The Bertz CT molecular complexity index is 765. The lowest BCUT2D eigenvalue weighted by atomic mass is 10.2. The highest BCUT2D eigenvalue weighted by Gasteiger charge is 2.17. The van der Waals surface area contributed by atoms with Crippen LogP contribution in [0.4, 0.5) is 0 Å². The van der Waals surface area contributed by atoms with Crippen molar-refractivity contribution in [2.75, 3.05) is 26.4 Å². The van der Waals surface area contributed by atoms with Crippen LogP contribution in [0, 0.1) is 0 Å². The Morgan fingerprint density at radius 2 is 1.12 bits per heavy atom. The minimum absolute atomic E-state index is 0.411. The first-order valence-electron chi connectivity index (χ1n) is 7.77. The van der Waals surface area contributed by atoms with E-state index in [9.17, 15) is 0 Å². The summed E-state index contributed by atoms with van der Waals surface area (Å²) in [5.74, 6) is 2.21. The smallest absolute Gasteiger partial charge is 0.251 e. The summed E-state index contributed by atoms with van der Waals surface area (Å²) in [5.41, 5.74) is 1.51. The summed E-state index contributed by atoms with van der Waals surface area (Å²) in [7, 11) is 0. The number of benzene rings is 2. The maximum absolute atomic E-state index is 5.87. The van der Waals surface area contributed by atoms with Gasteiger partial charge in [0.25, 0.3) is 11.8 Å². The third kappa shape index (κ3) is 2.96. The van der Waals surface area contributed by atoms with E-state index in [2.05, 4.69) is 10.2 Å². The van der Waals surface area contributed by atoms with E-state index in [0.29, 0.717) is 49.7 Å². The summed E-state index contributed by atoms with van der Waals surface area (Å²) in [5, 5.41) is 8.33. The molecule has 1 aliphatic rings. The molecule has 4 rings (SSSR count). The van der Waals surface area contributed by atoms with Gasteiger partial charge in [0.1, 0.15) is 24.7 Å². The van der Waals surface area contributed by atoms with Crippen LogP contribution in [0.15, 0.2) is 52.9 Å². The Hall–Kier alpha value is -2.86. The molecule has 2 bridgehead atoms. The molecule has 0 atom stereocenters. The molecule has 0 spiro atoms. The van der Waals surface area contributed by atoms with Gasteiger partial charge in [-0.25, -0.2) is 0 Å². The quantitative estimate of drug-likeness (QED) is 0.633. The van der Waals surface area contributed by atoms with Crippen molar-refractivity contribution in [2.45, 2.75) is 0 Å². The summed E-state index contributed by atoms with van der Waals surface area (Å²) in [6.45, 7) is 1.84. The highest BCUT2D eigenvalue weighted by atomic mass is 16.5. The molecule has 2 heterocycles. The predicted molar refractivity (Wildman–Crippen MR) is 87.0 cm³/mol. The molecule has 0 unspecified atom stereocenters. The molecule has 1 aromatic heterocycles. The predicted octanol–water partition coefficient (Wildman–Crippen LogP) is 3.19. The fourth-order valence-corrected chi connectivity index (χ4v) is 2.50. The van der Waals surface area contributed by atoms with Crippen LogP contribution in [-0.2, 0) is 4.74 Å². The van der Waals surface area contributed by atoms with Crippen molar-refractivity contribution in [1.29, 1.82) is 0 Å². The van der Waals surface area contributed by atoms with E-state index in [4.69, 9.17) is 18.6 Å². The van der Waals surface area contributed by atoms with Crippen LogP contribution in [0.1, 0.15) is 0 Å². The average Bonchev–Trinajstić information content (AvgIpc) is 3.11. The lowest BCUT2D eigenvalue weighted by Crippen LogP contribution is -2.12. The van der Waals surface area contributed by atoms with Crippen LogP contribution in [0.3, 0.4) is 0 Å². The third-order valence-corrected chi connectivity index (χ3v) is 3.63. The van der Waals surface area contributed by atoms with E-state index in [1.54, 1.807) is 0 Å². The average molecular weight is 324 g/mol. The van der Waals surface area contributed by atoms with Crippen LogP contribution >= 0.6 is 0 Å². The van der Waals surface area contributed by atoms with Gasteiger partial charge in [-0.05, 0) is 24.3 Å². The first kappa shape index (κ1) is 14.7. The number of nitrogens with zero attached hydrogens (tertiary/aromatic N) is 2. The van der Waals surface area contributed by atoms with Crippen LogP contribution in [-0.4, -0.2) is 36.6 Å². The molecule has 122 valence electrons. The van der Waals surface area contributed by atoms with E-state index in [1.165, 1.54) is 0 Å². The van der Waals surface area contributed by atoms with Crippen molar-refractivity contribution in [1.82, 2.24) is 10.2 Å². The van der Waals surface area contributed by atoms with Crippen molar-refractivity contribution >= 4 is 0 Å². The summed E-state index contributed by atoms with van der Waals surface area (Å²) in [6, 6.07) is 15.2. The van der Waals surface area contributed by atoms with E-state index in [0.717, 1.165) is 11.1 Å². The molecule has 0 radical (unpaired) electrons. The van der Waals surface area contributed by atoms with Crippen LogP contribution in [0.2, 0.25) is 0 Å². The maximum Gasteiger partial charge on any atom is 0.251 e. The molecular formula is C18H16N2O4. The molecule has 24 heavy (non-hydrogen) atoms. The lowest BCUT2D eigenvalue weighted by molar-refractivity contribution is 0.0765. The van der Waals surface area contributed by atoms with Gasteiger partial charge in [-0.15, -0.1) is 10.2 Å². The van der Waals surface area contributed by atoms with E-state index in [-0.39, 0.29) is 0 Å². The molecular weight excluding hydrogens is 308 g/mol. The molecule has 0 amide bonds. The normalized spacial score (nSPS) is 14.5. The fraction of sp³-hybridized carbons (Fsp3) is 0.222. The number of fused-ring (bicyclic) bond motifs is 6. The Morgan fingerprint density at radius 3 is 1.67 bits per heavy atom. The number of ether oxygens (including phenoxy) is 3. The van der Waals surface area contributed by atoms with Crippen molar-refractivity contribution in [2.24, 2.45) is 0 Å². The first-order valence-corrected chi connectivity index (χ1v) is 7.77. The monoisotopic (exact) mass is 324 g/mol. The topological polar surface area (TPSA) is 66.6 Å². The SMILES string of the molecule is c1ccc2c(c1)OCCOCCOc1ccccc1-c1nnc-2o1. The van der Waals surface area contributed by atoms with Gasteiger partial charge in [0.2, 0.25) is 0 Å². The Kier molecular flexibility index (Phi) is 4.12. The Balaban J connectivity index is 1.78. The lowest BCUT2D eigenvalue weighted by Gasteiger charge is -2.12. The minimum atomic E-state index is 0.411. The van der Waals surface area contributed by atoms with Gasteiger partial charge in [0.15, 0.2) is 0 Å². The molecule has 0 N–H and O–H groups in total. The van der Waals surface area contributed by atoms with Gasteiger partial charge < -0.3 is 18.6 Å². The minimum Gasteiger partial charge on any atom is -0.490 e. The van der Waals surface area contributed by atoms with Gasteiger partial charge in [-0.1, -0.05) is 24.3 Å². The highest BCUT2D eigenvalue weighted by molar-refractivity contribution is 5.66. The zero-order chi connectivity index (χ0) is 16.2. The second-order valence-corrected chi connectivity index (χ2v) is 5.21. The molecule has 6 nitrogen and oxygen atoms in total. The van der Waals surface area contributed by atoms with Crippen LogP contribution in [0.25, 0.3) is 22.9 Å². The van der Waals surface area contributed by atoms with Gasteiger partial charge in [0.05, 0.1) is 24.3 Å². The number of hydrogen-bond acceptors (Lipinski definition) is 6. The second kappa shape index (κ2) is 6.72. The number of aromatic nitrogens is 2. The van der Waals surface area contributed by atoms with Crippen LogP contribution in [0.5, 0.6) is 11.5 Å². The third-order valence-electron chi connectivity index (χ3n) is 3.63. The molecule has 6 heteroatoms. The summed E-state index contributed by atoms with van der Waals surface area (Å²) < 4.78 is 23.0. The van der Waals surface area contributed by atoms with E-state index in [1.807, 2.05) is 48.5 Å². The highest BCUT2D eigenvalue weighted by Crippen LogP contribution is 2.34. The van der Waals surface area contributed by atoms with Crippen molar-refractivity contribution in [3.05, 3.63) is 48.5 Å².